The molecule has 0 spiro atoms. The number of carbonyl (C=O) groups is 1. The molecule has 3 aromatic rings. The molecular weight excluding hydrogens is 425 g/mol. The van der Waals surface area contributed by atoms with Gasteiger partial charge >= 0.3 is 5.97 Å². The number of piperidine rings is 1. The van der Waals surface area contributed by atoms with E-state index in [1.807, 2.05) is 0 Å². The molecule has 0 radical (unpaired) electrons. The highest BCUT2D eigenvalue weighted by molar-refractivity contribution is 5.94. The number of fused-ring (bicyclic) bond motifs is 2. The van der Waals surface area contributed by atoms with Gasteiger partial charge in [0.2, 0.25) is 5.43 Å². The summed E-state index contributed by atoms with van der Waals surface area (Å²) in [6.45, 7) is 2.62. The summed E-state index contributed by atoms with van der Waals surface area (Å²) in [6.07, 6.45) is 1.09. The van der Waals surface area contributed by atoms with Gasteiger partial charge in [-0.1, -0.05) is 0 Å². The number of benzene rings is 1. The predicted octanol–water partition coefficient (Wildman–Crippen LogP) is 2.37. The van der Waals surface area contributed by atoms with Crippen molar-refractivity contribution in [3.8, 4) is 5.69 Å². The van der Waals surface area contributed by atoms with E-state index in [2.05, 4.69) is 4.98 Å². The zero-order chi connectivity index (χ0) is 22.7. The third-order valence-corrected chi connectivity index (χ3v) is 6.14. The fourth-order valence-electron chi connectivity index (χ4n) is 4.40. The Morgan fingerprint density at radius 3 is 2.56 bits per heavy atom. The van der Waals surface area contributed by atoms with Crippen molar-refractivity contribution in [2.45, 2.75) is 13.0 Å². The van der Waals surface area contributed by atoms with Crippen LogP contribution in [-0.2, 0) is 4.74 Å². The fraction of sp³-hybridized carbons (Fsp3) is 0.318. The van der Waals surface area contributed by atoms with Crippen LogP contribution in [-0.4, -0.2) is 41.3 Å². The summed E-state index contributed by atoms with van der Waals surface area (Å²) in [5, 5.41) is -0.221. The average Bonchev–Trinajstić information content (AvgIpc) is 3.15. The number of nitrogens with two attached hydrogens (primary N) is 1. The van der Waals surface area contributed by atoms with Gasteiger partial charge in [0.25, 0.3) is 0 Å². The van der Waals surface area contributed by atoms with Gasteiger partial charge in [-0.15, -0.1) is 0 Å². The molecular formula is C22H19F3N4O3. The molecule has 1 aliphatic heterocycles. The molecule has 166 valence electrons. The van der Waals surface area contributed by atoms with Gasteiger partial charge in [0.15, 0.2) is 17.3 Å². The number of aromatic nitrogens is 2. The SMILES string of the molecule is CCOC(=O)c1cn(-c2ccc(F)cc2F)c2nc(N3CC4C(N)C4C3)c(F)cc2c1=O. The van der Waals surface area contributed by atoms with Gasteiger partial charge in [-0.2, -0.15) is 0 Å². The lowest BCUT2D eigenvalue weighted by molar-refractivity contribution is 0.0524. The van der Waals surface area contributed by atoms with Crippen molar-refractivity contribution in [3.63, 3.8) is 0 Å². The highest BCUT2D eigenvalue weighted by Crippen LogP contribution is 2.45. The quantitative estimate of drug-likeness (QED) is 0.622. The van der Waals surface area contributed by atoms with Gasteiger partial charge < -0.3 is 15.4 Å². The number of hydrogen-bond acceptors (Lipinski definition) is 6. The third kappa shape index (κ3) is 3.13. The van der Waals surface area contributed by atoms with Crippen LogP contribution in [0.15, 0.2) is 35.3 Å². The van der Waals surface area contributed by atoms with Crippen molar-refractivity contribution in [1.29, 1.82) is 0 Å². The molecule has 1 aliphatic carbocycles. The van der Waals surface area contributed by atoms with Crippen LogP contribution in [0.3, 0.4) is 0 Å². The lowest BCUT2D eigenvalue weighted by atomic mass is 10.1. The molecule has 2 atom stereocenters. The van der Waals surface area contributed by atoms with Gasteiger partial charge in [-0.3, -0.25) is 9.36 Å². The molecule has 32 heavy (non-hydrogen) atoms. The normalized spacial score (nSPS) is 21.7. The van der Waals surface area contributed by atoms with Crippen LogP contribution >= 0.6 is 0 Å². The maximum Gasteiger partial charge on any atom is 0.343 e. The zero-order valence-corrected chi connectivity index (χ0v) is 17.0. The van der Waals surface area contributed by atoms with Crippen LogP contribution in [0, 0.1) is 29.3 Å². The molecule has 10 heteroatoms. The summed E-state index contributed by atoms with van der Waals surface area (Å²) in [5.41, 5.74) is 4.54. The molecule has 0 amide bonds. The molecule has 3 heterocycles. The number of esters is 1. The Morgan fingerprint density at radius 1 is 1.19 bits per heavy atom. The number of rotatable bonds is 4. The van der Waals surface area contributed by atoms with E-state index in [9.17, 15) is 18.4 Å². The number of nitrogens with zero attached hydrogens (tertiary/aromatic N) is 3. The zero-order valence-electron chi connectivity index (χ0n) is 17.0. The van der Waals surface area contributed by atoms with Gasteiger partial charge in [-0.05, 0) is 37.0 Å². The number of hydrogen-bond donors (Lipinski definition) is 1. The van der Waals surface area contributed by atoms with Gasteiger partial charge in [0.05, 0.1) is 17.7 Å². The number of pyridine rings is 2. The molecule has 2 aliphatic rings. The molecule has 2 aromatic heterocycles. The van der Waals surface area contributed by atoms with E-state index in [1.54, 1.807) is 11.8 Å². The maximum atomic E-state index is 15.0. The molecule has 0 bridgehead atoms. The van der Waals surface area contributed by atoms with Gasteiger partial charge in [0, 0.05) is 31.4 Å². The lowest BCUT2D eigenvalue weighted by Gasteiger charge is -2.22. The van der Waals surface area contributed by atoms with Crippen LogP contribution in [0.4, 0.5) is 19.0 Å². The minimum absolute atomic E-state index is 0.00615. The second-order valence-corrected chi connectivity index (χ2v) is 8.03. The Bertz CT molecular complexity index is 1310. The van der Waals surface area contributed by atoms with Crippen LogP contribution in [0.1, 0.15) is 17.3 Å². The lowest BCUT2D eigenvalue weighted by Crippen LogP contribution is -2.30. The van der Waals surface area contributed by atoms with Gasteiger partial charge in [-0.25, -0.2) is 22.9 Å². The van der Waals surface area contributed by atoms with Crippen molar-refractivity contribution in [3.05, 3.63) is 63.7 Å². The molecule has 1 saturated carbocycles. The van der Waals surface area contributed by atoms with Crippen LogP contribution in [0.25, 0.3) is 16.7 Å². The number of ether oxygens (including phenoxy) is 1. The second kappa shape index (κ2) is 7.33. The van der Waals surface area contributed by atoms with Crippen molar-refractivity contribution < 1.29 is 22.7 Å². The summed E-state index contributed by atoms with van der Waals surface area (Å²) in [7, 11) is 0. The smallest absolute Gasteiger partial charge is 0.343 e. The van der Waals surface area contributed by atoms with Crippen molar-refractivity contribution in [1.82, 2.24) is 9.55 Å². The molecule has 2 unspecified atom stereocenters. The molecule has 1 aromatic carbocycles. The molecule has 2 N–H and O–H groups in total. The van der Waals surface area contributed by atoms with E-state index in [0.717, 1.165) is 29.0 Å². The summed E-state index contributed by atoms with van der Waals surface area (Å²) >= 11 is 0. The van der Waals surface area contributed by atoms with Crippen molar-refractivity contribution in [2.75, 3.05) is 24.6 Å². The fourth-order valence-corrected chi connectivity index (χ4v) is 4.40. The Balaban J connectivity index is 1.74. The van der Waals surface area contributed by atoms with E-state index < -0.39 is 34.4 Å². The Labute approximate surface area is 180 Å². The first-order valence-electron chi connectivity index (χ1n) is 10.2. The first kappa shape index (κ1) is 20.5. The predicted molar refractivity (Wildman–Crippen MR) is 110 cm³/mol. The van der Waals surface area contributed by atoms with Crippen LogP contribution < -0.4 is 16.1 Å². The van der Waals surface area contributed by atoms with Crippen LogP contribution in [0.5, 0.6) is 0 Å². The van der Waals surface area contributed by atoms with E-state index in [4.69, 9.17) is 10.5 Å². The Hall–Kier alpha value is -3.40. The monoisotopic (exact) mass is 444 g/mol. The Kier molecular flexibility index (Phi) is 4.70. The van der Waals surface area contributed by atoms with E-state index in [0.29, 0.717) is 19.2 Å². The summed E-state index contributed by atoms with van der Waals surface area (Å²) < 4.78 is 49.2. The number of halogens is 3. The maximum absolute atomic E-state index is 15.0. The average molecular weight is 444 g/mol. The molecule has 2 fully saturated rings. The van der Waals surface area contributed by atoms with E-state index in [-0.39, 0.29) is 47.0 Å². The van der Waals surface area contributed by atoms with E-state index >= 15 is 4.39 Å². The highest BCUT2D eigenvalue weighted by Gasteiger charge is 2.54. The minimum Gasteiger partial charge on any atom is -0.462 e. The minimum atomic E-state index is -0.939. The van der Waals surface area contributed by atoms with Crippen molar-refractivity contribution >= 4 is 22.8 Å². The molecule has 1 saturated heterocycles. The van der Waals surface area contributed by atoms with E-state index in [1.165, 1.54) is 0 Å². The summed E-state index contributed by atoms with van der Waals surface area (Å²) in [5.74, 6) is -2.88. The molecule has 5 rings (SSSR count). The molecule has 7 nitrogen and oxygen atoms in total. The number of carbonyl (C=O) groups excluding carboxylic acids is 1. The van der Waals surface area contributed by atoms with Crippen molar-refractivity contribution in [2.24, 2.45) is 17.6 Å². The second-order valence-electron chi connectivity index (χ2n) is 8.03. The Morgan fingerprint density at radius 2 is 1.91 bits per heavy atom. The first-order valence-corrected chi connectivity index (χ1v) is 10.2. The third-order valence-electron chi connectivity index (χ3n) is 6.14. The van der Waals surface area contributed by atoms with Crippen LogP contribution in [0.2, 0.25) is 0 Å². The first-order chi connectivity index (χ1) is 15.3. The highest BCUT2D eigenvalue weighted by atomic mass is 19.1. The number of anilines is 1. The standard InChI is InChI=1S/C22H19F3N4O3/c1-2-32-22(31)14-9-29(17-4-3-10(23)5-15(17)24)20-11(19(14)30)6-16(25)21(27-20)28-7-12-13(8-28)18(12)26/h3-6,9,12-13,18H,2,7-8,26H2,1H3. The van der Waals surface area contributed by atoms with Gasteiger partial charge in [0.1, 0.15) is 17.2 Å². The summed E-state index contributed by atoms with van der Waals surface area (Å²) in [4.78, 5) is 31.4. The summed E-state index contributed by atoms with van der Waals surface area (Å²) in [6, 6.07) is 3.94. The largest absolute Gasteiger partial charge is 0.462 e. The topological polar surface area (TPSA) is 90.5 Å².